The van der Waals surface area contributed by atoms with Crippen molar-refractivity contribution in [2.75, 3.05) is 13.2 Å². The largest absolute Gasteiger partial charge is 0.478 e. The first-order valence-corrected chi connectivity index (χ1v) is 8.47. The summed E-state index contributed by atoms with van der Waals surface area (Å²) in [5, 5.41) is 18.2. The lowest BCUT2D eigenvalue weighted by Crippen LogP contribution is -2.10. The highest BCUT2D eigenvalue weighted by Crippen LogP contribution is 2.17. The predicted molar refractivity (Wildman–Crippen MR) is 96.6 cm³/mol. The summed E-state index contributed by atoms with van der Waals surface area (Å²) >= 11 is 0. The smallest absolute Gasteiger partial charge is 0.335 e. The molecule has 7 heteroatoms. The Morgan fingerprint density at radius 1 is 1.27 bits per heavy atom. The lowest BCUT2D eigenvalue weighted by Gasteiger charge is -2.05. The Hall–Kier alpha value is -3.06. The van der Waals surface area contributed by atoms with Crippen LogP contribution in [0.5, 0.6) is 0 Å². The van der Waals surface area contributed by atoms with Crippen molar-refractivity contribution in [1.29, 1.82) is 0 Å². The molecule has 1 fully saturated rings. The number of rotatable bonds is 5. The maximum absolute atomic E-state index is 11.0. The second-order valence-corrected chi connectivity index (χ2v) is 6.38. The van der Waals surface area contributed by atoms with Gasteiger partial charge in [0.05, 0.1) is 29.6 Å². The van der Waals surface area contributed by atoms with Gasteiger partial charge in [0.2, 0.25) is 0 Å². The highest BCUT2D eigenvalue weighted by atomic mass is 16.5. The van der Waals surface area contributed by atoms with Crippen molar-refractivity contribution in [3.63, 3.8) is 0 Å². The molecule has 1 aromatic carbocycles. The number of carboxylic acids is 1. The fraction of sp³-hybridized carbons (Fsp3) is 0.263. The Kier molecular flexibility index (Phi) is 4.45. The highest BCUT2D eigenvalue weighted by molar-refractivity contribution is 5.93. The van der Waals surface area contributed by atoms with E-state index in [1.165, 1.54) is 0 Å². The van der Waals surface area contributed by atoms with Crippen LogP contribution in [-0.4, -0.2) is 44.3 Å². The van der Waals surface area contributed by atoms with E-state index in [9.17, 15) is 4.79 Å². The first-order valence-electron chi connectivity index (χ1n) is 8.47. The number of carboxylic acid groups (broad SMARTS) is 1. The molecule has 1 N–H and O–H groups in total. The molecule has 132 valence electrons. The fourth-order valence-electron chi connectivity index (χ4n) is 3.01. The molecule has 3 heterocycles. The third kappa shape index (κ3) is 3.62. The minimum absolute atomic E-state index is 0.256. The summed E-state index contributed by atoms with van der Waals surface area (Å²) in [4.78, 5) is 15.6. The van der Waals surface area contributed by atoms with Crippen molar-refractivity contribution in [3.8, 4) is 0 Å². The SMILES string of the molecule is O=C(O)c1ccc2nc(C=Cc3cn(CC4CCOC4)nn3)ccc2c1. The molecule has 1 atom stereocenters. The summed E-state index contributed by atoms with van der Waals surface area (Å²) in [6.45, 7) is 2.43. The number of aromatic carboxylic acids is 1. The number of benzene rings is 1. The molecule has 0 amide bonds. The number of hydrogen-bond acceptors (Lipinski definition) is 5. The van der Waals surface area contributed by atoms with Gasteiger partial charge in [-0.3, -0.25) is 4.68 Å². The van der Waals surface area contributed by atoms with E-state index in [1.54, 1.807) is 18.2 Å². The van der Waals surface area contributed by atoms with Gasteiger partial charge in [-0.05, 0) is 42.8 Å². The van der Waals surface area contributed by atoms with Crippen LogP contribution in [0.2, 0.25) is 0 Å². The van der Waals surface area contributed by atoms with E-state index >= 15 is 0 Å². The van der Waals surface area contributed by atoms with Gasteiger partial charge in [-0.1, -0.05) is 11.3 Å². The topological polar surface area (TPSA) is 90.1 Å². The van der Waals surface area contributed by atoms with Gasteiger partial charge in [0.25, 0.3) is 0 Å². The van der Waals surface area contributed by atoms with Crippen LogP contribution in [0.3, 0.4) is 0 Å². The van der Waals surface area contributed by atoms with E-state index in [0.29, 0.717) is 5.92 Å². The quantitative estimate of drug-likeness (QED) is 0.761. The molecule has 26 heavy (non-hydrogen) atoms. The summed E-state index contributed by atoms with van der Waals surface area (Å²) in [6, 6.07) is 8.62. The van der Waals surface area contributed by atoms with Crippen LogP contribution in [0.1, 0.15) is 28.2 Å². The van der Waals surface area contributed by atoms with E-state index in [0.717, 1.165) is 48.5 Å². The Morgan fingerprint density at radius 2 is 2.15 bits per heavy atom. The van der Waals surface area contributed by atoms with Gasteiger partial charge in [-0.2, -0.15) is 0 Å². The average molecular weight is 350 g/mol. The number of nitrogens with zero attached hydrogens (tertiary/aromatic N) is 4. The molecule has 0 saturated carbocycles. The molecule has 1 unspecified atom stereocenters. The van der Waals surface area contributed by atoms with Crippen LogP contribution in [-0.2, 0) is 11.3 Å². The normalized spacial score (nSPS) is 17.3. The van der Waals surface area contributed by atoms with Gasteiger partial charge in [-0.25, -0.2) is 9.78 Å². The maximum Gasteiger partial charge on any atom is 0.335 e. The number of pyridine rings is 1. The summed E-state index contributed by atoms with van der Waals surface area (Å²) in [5.74, 6) is -0.436. The summed E-state index contributed by atoms with van der Waals surface area (Å²) in [5.41, 5.74) is 2.56. The van der Waals surface area contributed by atoms with E-state index in [4.69, 9.17) is 9.84 Å². The molecule has 7 nitrogen and oxygen atoms in total. The van der Waals surface area contributed by atoms with Crippen LogP contribution in [0.25, 0.3) is 23.1 Å². The summed E-state index contributed by atoms with van der Waals surface area (Å²) < 4.78 is 7.23. The van der Waals surface area contributed by atoms with E-state index in [-0.39, 0.29) is 5.56 Å². The molecular formula is C19H18N4O3. The van der Waals surface area contributed by atoms with E-state index in [1.807, 2.05) is 35.2 Å². The second-order valence-electron chi connectivity index (χ2n) is 6.38. The molecule has 0 aliphatic carbocycles. The number of aromatic nitrogens is 4. The van der Waals surface area contributed by atoms with Gasteiger partial charge in [0.1, 0.15) is 5.69 Å². The minimum atomic E-state index is -0.942. The molecule has 4 rings (SSSR count). The molecule has 2 aromatic heterocycles. The minimum Gasteiger partial charge on any atom is -0.478 e. The van der Waals surface area contributed by atoms with Crippen molar-refractivity contribution in [2.24, 2.45) is 5.92 Å². The Labute approximate surface area is 149 Å². The predicted octanol–water partition coefficient (Wildman–Crippen LogP) is 2.73. The molecule has 1 aliphatic heterocycles. The Morgan fingerprint density at radius 3 is 2.96 bits per heavy atom. The van der Waals surface area contributed by atoms with Crippen molar-refractivity contribution in [3.05, 3.63) is 53.5 Å². The number of fused-ring (bicyclic) bond motifs is 1. The van der Waals surface area contributed by atoms with Crippen LogP contribution < -0.4 is 0 Å². The van der Waals surface area contributed by atoms with Crippen molar-refractivity contribution < 1.29 is 14.6 Å². The molecule has 1 aliphatic rings. The van der Waals surface area contributed by atoms with Gasteiger partial charge >= 0.3 is 5.97 Å². The van der Waals surface area contributed by atoms with Crippen LogP contribution >= 0.6 is 0 Å². The highest BCUT2D eigenvalue weighted by Gasteiger charge is 2.16. The average Bonchev–Trinajstić information content (AvgIpc) is 3.31. The number of ether oxygens (including phenoxy) is 1. The standard InChI is InChI=1S/C19H18N4O3/c24-19(25)15-2-6-18-14(9-15)1-3-16(20-18)4-5-17-11-23(22-21-17)10-13-7-8-26-12-13/h1-6,9,11,13H,7-8,10,12H2,(H,24,25). The molecule has 3 aromatic rings. The third-order valence-corrected chi connectivity index (χ3v) is 4.41. The van der Waals surface area contributed by atoms with Gasteiger partial charge < -0.3 is 9.84 Å². The zero-order valence-corrected chi connectivity index (χ0v) is 14.1. The van der Waals surface area contributed by atoms with Crippen molar-refractivity contribution in [2.45, 2.75) is 13.0 Å². The third-order valence-electron chi connectivity index (χ3n) is 4.41. The van der Waals surface area contributed by atoms with Crippen LogP contribution in [0.15, 0.2) is 36.5 Å². The zero-order chi connectivity index (χ0) is 17.9. The molecule has 0 radical (unpaired) electrons. The first-order chi connectivity index (χ1) is 12.7. The van der Waals surface area contributed by atoms with E-state index < -0.39 is 5.97 Å². The van der Waals surface area contributed by atoms with Gasteiger partial charge in [0, 0.05) is 24.5 Å². The lowest BCUT2D eigenvalue weighted by atomic mass is 10.1. The van der Waals surface area contributed by atoms with Crippen LogP contribution in [0.4, 0.5) is 0 Å². The zero-order valence-electron chi connectivity index (χ0n) is 14.1. The Balaban J connectivity index is 1.48. The lowest BCUT2D eigenvalue weighted by molar-refractivity contribution is 0.0697. The van der Waals surface area contributed by atoms with Crippen LogP contribution in [0, 0.1) is 5.92 Å². The first kappa shape index (κ1) is 16.4. The summed E-state index contributed by atoms with van der Waals surface area (Å²) in [6.07, 6.45) is 6.72. The molecular weight excluding hydrogens is 332 g/mol. The number of hydrogen-bond donors (Lipinski definition) is 1. The van der Waals surface area contributed by atoms with Gasteiger partial charge in [-0.15, -0.1) is 5.10 Å². The molecule has 0 bridgehead atoms. The second kappa shape index (κ2) is 7.05. The molecule has 1 saturated heterocycles. The molecule has 0 spiro atoms. The van der Waals surface area contributed by atoms with Crippen molar-refractivity contribution >= 4 is 29.0 Å². The number of carbonyl (C=O) groups is 1. The van der Waals surface area contributed by atoms with Crippen molar-refractivity contribution in [1.82, 2.24) is 20.0 Å². The van der Waals surface area contributed by atoms with E-state index in [2.05, 4.69) is 15.3 Å². The summed E-state index contributed by atoms with van der Waals surface area (Å²) in [7, 11) is 0. The Bertz CT molecular complexity index is 974. The monoisotopic (exact) mass is 350 g/mol. The van der Waals surface area contributed by atoms with Gasteiger partial charge in [0.15, 0.2) is 0 Å². The fourth-order valence-corrected chi connectivity index (χ4v) is 3.01. The maximum atomic E-state index is 11.0.